The molecule has 0 radical (unpaired) electrons. The highest BCUT2D eigenvalue weighted by molar-refractivity contribution is 5.90. The number of hydrogen-bond donors (Lipinski definition) is 1. The Kier molecular flexibility index (Phi) is 4.54. The zero-order chi connectivity index (χ0) is 14.4. The summed E-state index contributed by atoms with van der Waals surface area (Å²) in [6.45, 7) is 2.43. The molecule has 0 saturated carbocycles. The zero-order valence-electron chi connectivity index (χ0n) is 11.0. The summed E-state index contributed by atoms with van der Waals surface area (Å²) in [5.41, 5.74) is 0.401. The summed E-state index contributed by atoms with van der Waals surface area (Å²) in [7, 11) is 0. The van der Waals surface area contributed by atoms with Gasteiger partial charge in [0.1, 0.15) is 11.3 Å². The standard InChI is InChI=1S/C13H14N4O3/c1-2-3-7-20-12-9(13(18)19)8-14-11(16-12)10-5-4-6-15-17-10/h4-6,8H,2-3,7H2,1H3,(H,18,19). The molecule has 2 rings (SSSR count). The molecule has 104 valence electrons. The molecule has 2 heterocycles. The predicted molar refractivity (Wildman–Crippen MR) is 70.4 cm³/mol. The number of aromatic nitrogens is 4. The van der Waals surface area contributed by atoms with Crippen LogP contribution in [0, 0.1) is 0 Å². The van der Waals surface area contributed by atoms with E-state index >= 15 is 0 Å². The number of rotatable bonds is 6. The normalized spacial score (nSPS) is 10.2. The van der Waals surface area contributed by atoms with E-state index in [1.165, 1.54) is 12.4 Å². The van der Waals surface area contributed by atoms with Gasteiger partial charge in [-0.15, -0.1) is 5.10 Å². The van der Waals surface area contributed by atoms with Crippen molar-refractivity contribution in [1.82, 2.24) is 20.2 Å². The van der Waals surface area contributed by atoms with Gasteiger partial charge in [0.05, 0.1) is 6.61 Å². The SMILES string of the molecule is CCCCOc1nc(-c2cccnn2)ncc1C(=O)O. The maximum absolute atomic E-state index is 11.1. The molecule has 0 atom stereocenters. The van der Waals surface area contributed by atoms with Crippen molar-refractivity contribution >= 4 is 5.97 Å². The molecule has 0 aliphatic carbocycles. The third-order valence-electron chi connectivity index (χ3n) is 2.52. The highest BCUT2D eigenvalue weighted by Crippen LogP contribution is 2.19. The summed E-state index contributed by atoms with van der Waals surface area (Å²) < 4.78 is 5.42. The number of unbranched alkanes of at least 4 members (excludes halogenated alkanes) is 1. The van der Waals surface area contributed by atoms with Gasteiger partial charge < -0.3 is 9.84 Å². The van der Waals surface area contributed by atoms with E-state index in [-0.39, 0.29) is 17.3 Å². The van der Waals surface area contributed by atoms with Crippen molar-refractivity contribution in [3.05, 3.63) is 30.1 Å². The van der Waals surface area contributed by atoms with Crippen LogP contribution in [-0.2, 0) is 0 Å². The van der Waals surface area contributed by atoms with E-state index in [2.05, 4.69) is 20.2 Å². The molecule has 0 unspecified atom stereocenters. The largest absolute Gasteiger partial charge is 0.477 e. The smallest absolute Gasteiger partial charge is 0.342 e. The molecule has 1 N–H and O–H groups in total. The second kappa shape index (κ2) is 6.55. The van der Waals surface area contributed by atoms with E-state index in [9.17, 15) is 4.79 Å². The Morgan fingerprint density at radius 1 is 1.45 bits per heavy atom. The van der Waals surface area contributed by atoms with Crippen molar-refractivity contribution in [2.75, 3.05) is 6.61 Å². The molecule has 20 heavy (non-hydrogen) atoms. The first kappa shape index (κ1) is 13.9. The van der Waals surface area contributed by atoms with Crippen LogP contribution in [0.3, 0.4) is 0 Å². The number of nitrogens with zero attached hydrogens (tertiary/aromatic N) is 4. The van der Waals surface area contributed by atoms with Crippen LogP contribution in [0.2, 0.25) is 0 Å². The van der Waals surface area contributed by atoms with Crippen molar-refractivity contribution in [2.24, 2.45) is 0 Å². The minimum absolute atomic E-state index is 0.0570. The summed E-state index contributed by atoms with van der Waals surface area (Å²) in [6, 6.07) is 3.40. The summed E-state index contributed by atoms with van der Waals surface area (Å²) in [6.07, 6.45) is 4.53. The Bertz CT molecular complexity index is 589. The maximum Gasteiger partial charge on any atom is 0.342 e. The quantitative estimate of drug-likeness (QED) is 0.802. The van der Waals surface area contributed by atoms with E-state index in [4.69, 9.17) is 9.84 Å². The highest BCUT2D eigenvalue weighted by atomic mass is 16.5. The van der Waals surface area contributed by atoms with E-state index in [1.54, 1.807) is 12.1 Å². The van der Waals surface area contributed by atoms with Gasteiger partial charge in [0, 0.05) is 12.4 Å². The highest BCUT2D eigenvalue weighted by Gasteiger charge is 2.16. The van der Waals surface area contributed by atoms with Crippen LogP contribution in [-0.4, -0.2) is 37.8 Å². The van der Waals surface area contributed by atoms with Crippen LogP contribution in [0.15, 0.2) is 24.5 Å². The second-order valence-electron chi connectivity index (χ2n) is 4.03. The third-order valence-corrected chi connectivity index (χ3v) is 2.52. The Morgan fingerprint density at radius 3 is 2.95 bits per heavy atom. The molecule has 0 bridgehead atoms. The fraction of sp³-hybridized carbons (Fsp3) is 0.308. The molecular formula is C13H14N4O3. The molecular weight excluding hydrogens is 260 g/mol. The predicted octanol–water partition coefficient (Wildman–Crippen LogP) is 1.81. The Labute approximate surface area is 115 Å². The number of aromatic carboxylic acids is 1. The summed E-state index contributed by atoms with van der Waals surface area (Å²) in [5.74, 6) is -0.779. The molecule has 2 aromatic heterocycles. The van der Waals surface area contributed by atoms with Crippen molar-refractivity contribution in [2.45, 2.75) is 19.8 Å². The van der Waals surface area contributed by atoms with Crippen LogP contribution < -0.4 is 4.74 Å². The molecule has 0 aliphatic rings. The Hall–Kier alpha value is -2.57. The lowest BCUT2D eigenvalue weighted by atomic mass is 10.3. The fourth-order valence-corrected chi connectivity index (χ4v) is 1.48. The Morgan fingerprint density at radius 2 is 2.30 bits per heavy atom. The minimum atomic E-state index is -1.12. The molecule has 0 aliphatic heterocycles. The zero-order valence-corrected chi connectivity index (χ0v) is 11.0. The van der Waals surface area contributed by atoms with Crippen molar-refractivity contribution in [3.63, 3.8) is 0 Å². The lowest BCUT2D eigenvalue weighted by Gasteiger charge is -2.08. The molecule has 0 aromatic carbocycles. The number of carboxylic acids is 1. The molecule has 2 aromatic rings. The van der Waals surface area contributed by atoms with E-state index in [0.717, 1.165) is 12.8 Å². The van der Waals surface area contributed by atoms with Crippen LogP contribution in [0.5, 0.6) is 5.88 Å². The molecule has 7 nitrogen and oxygen atoms in total. The summed E-state index contributed by atoms with van der Waals surface area (Å²) in [4.78, 5) is 19.2. The Balaban J connectivity index is 2.32. The van der Waals surface area contributed by atoms with E-state index < -0.39 is 5.97 Å². The first-order chi connectivity index (χ1) is 9.72. The number of hydrogen-bond acceptors (Lipinski definition) is 6. The van der Waals surface area contributed by atoms with Gasteiger partial charge in [-0.25, -0.2) is 9.78 Å². The van der Waals surface area contributed by atoms with Gasteiger partial charge in [0.15, 0.2) is 5.82 Å². The topological polar surface area (TPSA) is 98.1 Å². The van der Waals surface area contributed by atoms with Crippen molar-refractivity contribution in [1.29, 1.82) is 0 Å². The van der Waals surface area contributed by atoms with Gasteiger partial charge in [-0.05, 0) is 18.6 Å². The molecule has 0 spiro atoms. The fourth-order valence-electron chi connectivity index (χ4n) is 1.48. The van der Waals surface area contributed by atoms with E-state index in [1.807, 2.05) is 6.92 Å². The molecule has 0 fully saturated rings. The molecule has 0 saturated heterocycles. The number of carbonyl (C=O) groups is 1. The molecule has 0 amide bonds. The van der Waals surface area contributed by atoms with Crippen molar-refractivity contribution in [3.8, 4) is 17.4 Å². The van der Waals surface area contributed by atoms with Gasteiger partial charge in [0.25, 0.3) is 0 Å². The minimum Gasteiger partial charge on any atom is -0.477 e. The monoisotopic (exact) mass is 274 g/mol. The van der Waals surface area contributed by atoms with Crippen molar-refractivity contribution < 1.29 is 14.6 Å². The maximum atomic E-state index is 11.1. The first-order valence-corrected chi connectivity index (χ1v) is 6.23. The van der Waals surface area contributed by atoms with Crippen LogP contribution in [0.1, 0.15) is 30.1 Å². The number of carboxylic acid groups (broad SMARTS) is 1. The first-order valence-electron chi connectivity index (χ1n) is 6.23. The van der Waals surface area contributed by atoms with Gasteiger partial charge in [-0.1, -0.05) is 13.3 Å². The van der Waals surface area contributed by atoms with Gasteiger partial charge >= 0.3 is 5.97 Å². The van der Waals surface area contributed by atoms with Crippen LogP contribution >= 0.6 is 0 Å². The summed E-state index contributed by atoms with van der Waals surface area (Å²) >= 11 is 0. The summed E-state index contributed by atoms with van der Waals surface area (Å²) in [5, 5.41) is 16.7. The van der Waals surface area contributed by atoms with Crippen LogP contribution in [0.25, 0.3) is 11.5 Å². The molecule has 7 heteroatoms. The second-order valence-corrected chi connectivity index (χ2v) is 4.03. The third kappa shape index (κ3) is 3.25. The lowest BCUT2D eigenvalue weighted by molar-refractivity contribution is 0.0690. The lowest BCUT2D eigenvalue weighted by Crippen LogP contribution is -2.08. The average molecular weight is 274 g/mol. The average Bonchev–Trinajstić information content (AvgIpc) is 2.48. The van der Waals surface area contributed by atoms with Crippen LogP contribution in [0.4, 0.5) is 0 Å². The van der Waals surface area contributed by atoms with Gasteiger partial charge in [0.2, 0.25) is 5.88 Å². The van der Waals surface area contributed by atoms with E-state index in [0.29, 0.717) is 12.3 Å². The number of ether oxygens (including phenoxy) is 1. The van der Waals surface area contributed by atoms with Gasteiger partial charge in [-0.3, -0.25) is 0 Å². The van der Waals surface area contributed by atoms with Gasteiger partial charge in [-0.2, -0.15) is 10.1 Å².